The molecule has 0 aliphatic carbocycles. The second-order valence-electron chi connectivity index (χ2n) is 3.27. The van der Waals surface area contributed by atoms with Crippen LogP contribution in [0.5, 0.6) is 0 Å². The van der Waals surface area contributed by atoms with Gasteiger partial charge >= 0.3 is 5.97 Å². The van der Waals surface area contributed by atoms with Gasteiger partial charge in [0.2, 0.25) is 0 Å². The number of non-ortho nitro benzene ring substituents is 1. The van der Waals surface area contributed by atoms with E-state index in [1.165, 1.54) is 23.5 Å². The van der Waals surface area contributed by atoms with Crippen LogP contribution in [0.25, 0.3) is 10.4 Å². The molecule has 2 rings (SSSR count). The summed E-state index contributed by atoms with van der Waals surface area (Å²) in [6.07, 6.45) is 0. The minimum atomic E-state index is -1.17. The second-order valence-corrected chi connectivity index (χ2v) is 4.22. The largest absolute Gasteiger partial charge is 0.478 e. The summed E-state index contributed by atoms with van der Waals surface area (Å²) in [4.78, 5) is 21.8. The number of hydrogen-bond donors (Lipinski definition) is 1. The van der Waals surface area contributed by atoms with Crippen molar-refractivity contribution in [2.24, 2.45) is 0 Å². The molecule has 0 fully saturated rings. The highest BCUT2D eigenvalue weighted by atomic mass is 32.1. The monoisotopic (exact) mass is 249 g/mol. The number of carboxylic acids is 1. The summed E-state index contributed by atoms with van der Waals surface area (Å²) < 4.78 is 0. The Kier molecular flexibility index (Phi) is 2.88. The minimum Gasteiger partial charge on any atom is -0.478 e. The maximum atomic E-state index is 11.1. The number of nitro benzene ring substituents is 1. The van der Waals surface area contributed by atoms with Crippen molar-refractivity contribution in [3.8, 4) is 10.4 Å². The summed E-state index contributed by atoms with van der Waals surface area (Å²) in [5.74, 6) is -1.17. The van der Waals surface area contributed by atoms with Gasteiger partial charge in [-0.3, -0.25) is 10.1 Å². The Morgan fingerprint density at radius 1 is 1.35 bits per heavy atom. The van der Waals surface area contributed by atoms with Crippen molar-refractivity contribution in [2.75, 3.05) is 0 Å². The highest BCUT2D eigenvalue weighted by molar-refractivity contribution is 7.13. The molecule has 0 saturated carbocycles. The standard InChI is InChI=1S/C11H7NO4S/c13-11(14)9-6-7(12(15)16)3-4-8(9)10-2-1-5-17-10/h1-6H,(H,13,14). The molecule has 0 saturated heterocycles. The summed E-state index contributed by atoms with van der Waals surface area (Å²) in [6.45, 7) is 0. The first-order chi connectivity index (χ1) is 8.09. The summed E-state index contributed by atoms with van der Waals surface area (Å²) in [6, 6.07) is 7.43. The van der Waals surface area contributed by atoms with Gasteiger partial charge < -0.3 is 5.11 Å². The first-order valence-electron chi connectivity index (χ1n) is 4.65. The lowest BCUT2D eigenvalue weighted by Gasteiger charge is -2.03. The van der Waals surface area contributed by atoms with Crippen molar-refractivity contribution in [1.82, 2.24) is 0 Å². The van der Waals surface area contributed by atoms with Crippen LogP contribution in [0.2, 0.25) is 0 Å². The Morgan fingerprint density at radius 2 is 2.12 bits per heavy atom. The first-order valence-corrected chi connectivity index (χ1v) is 5.53. The number of aromatic carboxylic acids is 1. The summed E-state index contributed by atoms with van der Waals surface area (Å²) >= 11 is 1.39. The predicted molar refractivity (Wildman–Crippen MR) is 63.4 cm³/mol. The van der Waals surface area contributed by atoms with E-state index in [1.54, 1.807) is 12.1 Å². The van der Waals surface area contributed by atoms with Crippen molar-refractivity contribution < 1.29 is 14.8 Å². The number of rotatable bonds is 3. The molecule has 1 aromatic carbocycles. The third kappa shape index (κ3) is 2.16. The zero-order chi connectivity index (χ0) is 12.4. The fourth-order valence-electron chi connectivity index (χ4n) is 1.47. The number of hydrogen-bond acceptors (Lipinski definition) is 4. The van der Waals surface area contributed by atoms with E-state index in [2.05, 4.69) is 0 Å². The van der Waals surface area contributed by atoms with Crippen LogP contribution in [-0.2, 0) is 0 Å². The van der Waals surface area contributed by atoms with Gasteiger partial charge in [-0.2, -0.15) is 0 Å². The maximum absolute atomic E-state index is 11.1. The van der Waals surface area contributed by atoms with Crippen LogP contribution in [0.1, 0.15) is 10.4 Å². The molecule has 0 aliphatic rings. The molecule has 0 atom stereocenters. The van der Waals surface area contributed by atoms with Gasteiger partial charge in [-0.1, -0.05) is 6.07 Å². The van der Waals surface area contributed by atoms with Crippen LogP contribution in [0.3, 0.4) is 0 Å². The van der Waals surface area contributed by atoms with Crippen molar-refractivity contribution in [3.63, 3.8) is 0 Å². The maximum Gasteiger partial charge on any atom is 0.336 e. The Morgan fingerprint density at radius 3 is 2.65 bits per heavy atom. The number of thiophene rings is 1. The van der Waals surface area contributed by atoms with Gasteiger partial charge in [0, 0.05) is 22.6 Å². The fraction of sp³-hybridized carbons (Fsp3) is 0. The molecule has 0 unspecified atom stereocenters. The van der Waals surface area contributed by atoms with Crippen LogP contribution in [-0.4, -0.2) is 16.0 Å². The van der Waals surface area contributed by atoms with Gasteiger partial charge in [-0.25, -0.2) is 4.79 Å². The molecule has 86 valence electrons. The lowest BCUT2D eigenvalue weighted by Crippen LogP contribution is -2.00. The smallest absolute Gasteiger partial charge is 0.336 e. The highest BCUT2D eigenvalue weighted by Crippen LogP contribution is 2.30. The Hall–Kier alpha value is -2.21. The molecular formula is C11H7NO4S. The lowest BCUT2D eigenvalue weighted by molar-refractivity contribution is -0.384. The second kappa shape index (κ2) is 4.34. The molecule has 0 bridgehead atoms. The number of benzene rings is 1. The SMILES string of the molecule is O=C(O)c1cc([N+](=O)[O-])ccc1-c1cccs1. The molecular weight excluding hydrogens is 242 g/mol. The van der Waals surface area contributed by atoms with Crippen LogP contribution >= 0.6 is 11.3 Å². The molecule has 6 heteroatoms. The fourth-order valence-corrected chi connectivity index (χ4v) is 2.24. The normalized spacial score (nSPS) is 10.1. The molecule has 5 nitrogen and oxygen atoms in total. The summed E-state index contributed by atoms with van der Waals surface area (Å²) in [5.41, 5.74) is 0.224. The zero-order valence-electron chi connectivity index (χ0n) is 8.49. The van der Waals surface area contributed by atoms with Gasteiger partial charge in [-0.05, 0) is 17.5 Å². The Bertz CT molecular complexity index is 577. The van der Waals surface area contributed by atoms with Gasteiger partial charge in [0.1, 0.15) is 0 Å². The highest BCUT2D eigenvalue weighted by Gasteiger charge is 2.17. The average molecular weight is 249 g/mol. The molecule has 1 N–H and O–H groups in total. The molecule has 2 aromatic rings. The number of nitrogens with zero attached hydrogens (tertiary/aromatic N) is 1. The predicted octanol–water partition coefficient (Wildman–Crippen LogP) is 3.02. The van der Waals surface area contributed by atoms with Gasteiger partial charge in [-0.15, -0.1) is 11.3 Å². The van der Waals surface area contributed by atoms with Crippen LogP contribution in [0, 0.1) is 10.1 Å². The molecule has 0 spiro atoms. The Labute approximate surface area is 100 Å². The van der Waals surface area contributed by atoms with E-state index in [-0.39, 0.29) is 11.3 Å². The van der Waals surface area contributed by atoms with E-state index in [4.69, 9.17) is 5.11 Å². The lowest BCUT2D eigenvalue weighted by atomic mass is 10.1. The molecule has 0 aliphatic heterocycles. The van der Waals surface area contributed by atoms with E-state index >= 15 is 0 Å². The van der Waals surface area contributed by atoms with Crippen LogP contribution in [0.15, 0.2) is 35.7 Å². The number of nitro groups is 1. The molecule has 0 amide bonds. The van der Waals surface area contributed by atoms with E-state index in [1.807, 2.05) is 5.38 Å². The third-order valence-corrected chi connectivity index (χ3v) is 3.13. The topological polar surface area (TPSA) is 80.4 Å². The Balaban J connectivity index is 2.61. The molecule has 1 heterocycles. The quantitative estimate of drug-likeness (QED) is 0.669. The van der Waals surface area contributed by atoms with E-state index in [9.17, 15) is 14.9 Å². The van der Waals surface area contributed by atoms with Crippen molar-refractivity contribution >= 4 is 23.0 Å². The summed E-state index contributed by atoms with van der Waals surface area (Å²) in [7, 11) is 0. The van der Waals surface area contributed by atoms with Crippen molar-refractivity contribution in [1.29, 1.82) is 0 Å². The van der Waals surface area contributed by atoms with Crippen molar-refractivity contribution in [2.45, 2.75) is 0 Å². The zero-order valence-corrected chi connectivity index (χ0v) is 9.31. The van der Waals surface area contributed by atoms with E-state index < -0.39 is 10.9 Å². The van der Waals surface area contributed by atoms with Crippen molar-refractivity contribution in [3.05, 3.63) is 51.4 Å². The van der Waals surface area contributed by atoms with Gasteiger partial charge in [0.25, 0.3) is 5.69 Å². The van der Waals surface area contributed by atoms with E-state index in [0.29, 0.717) is 5.56 Å². The molecule has 1 aromatic heterocycles. The summed E-state index contributed by atoms with van der Waals surface area (Å²) in [5, 5.41) is 21.5. The molecule has 0 radical (unpaired) electrons. The number of carboxylic acid groups (broad SMARTS) is 1. The average Bonchev–Trinajstić information content (AvgIpc) is 2.81. The minimum absolute atomic E-state index is 0.0540. The third-order valence-electron chi connectivity index (χ3n) is 2.23. The van der Waals surface area contributed by atoms with Gasteiger partial charge in [0.05, 0.1) is 10.5 Å². The van der Waals surface area contributed by atoms with Crippen LogP contribution < -0.4 is 0 Å². The van der Waals surface area contributed by atoms with Crippen LogP contribution in [0.4, 0.5) is 5.69 Å². The number of carbonyl (C=O) groups is 1. The van der Waals surface area contributed by atoms with E-state index in [0.717, 1.165) is 10.9 Å². The molecule has 17 heavy (non-hydrogen) atoms. The van der Waals surface area contributed by atoms with Gasteiger partial charge in [0.15, 0.2) is 0 Å². The first kappa shape index (κ1) is 11.3.